The Hall–Kier alpha value is -0.460. The van der Waals surface area contributed by atoms with Crippen molar-refractivity contribution in [2.45, 2.75) is 31.7 Å². The summed E-state index contributed by atoms with van der Waals surface area (Å²) in [5.74, 6) is 8.78. The Bertz CT molecular complexity index is 259. The molecule has 0 bridgehead atoms. The highest BCUT2D eigenvalue weighted by Crippen LogP contribution is 2.17. The summed E-state index contributed by atoms with van der Waals surface area (Å²) in [6, 6.07) is 0.561. The predicted octanol–water partition coefficient (Wildman–Crippen LogP) is 0.387. The molecule has 1 aliphatic carbocycles. The third kappa shape index (κ3) is 4.66. The van der Waals surface area contributed by atoms with Gasteiger partial charge in [0.05, 0.1) is 6.54 Å². The third-order valence-electron chi connectivity index (χ3n) is 3.62. The maximum atomic E-state index is 5.51. The molecule has 0 aromatic carbocycles. The first kappa shape index (κ1) is 14.0. The maximum Gasteiger partial charge on any atom is 0.205 e. The predicted molar refractivity (Wildman–Crippen MR) is 78.8 cm³/mol. The van der Waals surface area contributed by atoms with E-state index < -0.39 is 0 Å². The fourth-order valence-electron chi connectivity index (χ4n) is 2.52. The first-order valence-electron chi connectivity index (χ1n) is 6.96. The summed E-state index contributed by atoms with van der Waals surface area (Å²) in [4.78, 5) is 7.00. The van der Waals surface area contributed by atoms with Crippen molar-refractivity contribution in [3.05, 3.63) is 0 Å². The van der Waals surface area contributed by atoms with Gasteiger partial charge in [0.15, 0.2) is 0 Å². The highest BCUT2D eigenvalue weighted by atomic mass is 32.2. The van der Waals surface area contributed by atoms with Crippen molar-refractivity contribution in [3.8, 4) is 0 Å². The normalized spacial score (nSPS) is 23.3. The summed E-state index contributed by atoms with van der Waals surface area (Å²) in [6.45, 7) is 4.26. The van der Waals surface area contributed by atoms with Crippen molar-refractivity contribution in [2.24, 2.45) is 10.8 Å². The molecular formula is C12H25N5S. The van der Waals surface area contributed by atoms with Crippen LogP contribution in [-0.4, -0.2) is 54.6 Å². The van der Waals surface area contributed by atoms with Gasteiger partial charge in [-0.15, -0.1) is 0 Å². The van der Waals surface area contributed by atoms with E-state index in [4.69, 9.17) is 5.84 Å². The Labute approximate surface area is 114 Å². The van der Waals surface area contributed by atoms with E-state index in [0.717, 1.165) is 19.0 Å². The van der Waals surface area contributed by atoms with Crippen molar-refractivity contribution in [3.63, 3.8) is 0 Å². The number of guanidine groups is 1. The SMILES string of the molecule is NNC(=NCCN1CCSCC1)NC1CCCC1. The average molecular weight is 271 g/mol. The van der Waals surface area contributed by atoms with Gasteiger partial charge in [-0.1, -0.05) is 12.8 Å². The van der Waals surface area contributed by atoms with Crippen molar-refractivity contribution >= 4 is 17.7 Å². The number of nitrogens with two attached hydrogens (primary N) is 1. The van der Waals surface area contributed by atoms with Crippen LogP contribution < -0.4 is 16.6 Å². The molecule has 5 nitrogen and oxygen atoms in total. The molecule has 0 radical (unpaired) electrons. The topological polar surface area (TPSA) is 65.7 Å². The fraction of sp³-hybridized carbons (Fsp3) is 0.917. The van der Waals surface area contributed by atoms with Crippen molar-refractivity contribution in [2.75, 3.05) is 37.7 Å². The zero-order valence-corrected chi connectivity index (χ0v) is 11.8. The van der Waals surface area contributed by atoms with Crippen LogP contribution in [-0.2, 0) is 0 Å². The van der Waals surface area contributed by atoms with Gasteiger partial charge in [0, 0.05) is 37.2 Å². The lowest BCUT2D eigenvalue weighted by Gasteiger charge is -2.25. The van der Waals surface area contributed by atoms with Crippen LogP contribution in [0.2, 0.25) is 0 Å². The quantitative estimate of drug-likeness (QED) is 0.299. The van der Waals surface area contributed by atoms with E-state index in [0.29, 0.717) is 6.04 Å². The number of aliphatic imine (C=N–C) groups is 1. The second-order valence-corrected chi connectivity index (χ2v) is 6.18. The van der Waals surface area contributed by atoms with Gasteiger partial charge in [0.25, 0.3) is 0 Å². The lowest BCUT2D eigenvalue weighted by atomic mass is 10.2. The first-order valence-corrected chi connectivity index (χ1v) is 8.11. The number of nitrogens with zero attached hydrogens (tertiary/aromatic N) is 2. The summed E-state index contributed by atoms with van der Waals surface area (Å²) < 4.78 is 0. The van der Waals surface area contributed by atoms with Gasteiger partial charge < -0.3 is 5.32 Å². The van der Waals surface area contributed by atoms with Crippen LogP contribution in [0, 0.1) is 0 Å². The second-order valence-electron chi connectivity index (χ2n) is 4.95. The smallest absolute Gasteiger partial charge is 0.205 e. The van der Waals surface area contributed by atoms with Gasteiger partial charge in [0.2, 0.25) is 5.96 Å². The molecule has 1 aliphatic heterocycles. The minimum absolute atomic E-state index is 0.561. The molecule has 104 valence electrons. The summed E-state index contributed by atoms with van der Waals surface area (Å²) >= 11 is 2.04. The van der Waals surface area contributed by atoms with Crippen LogP contribution in [0.3, 0.4) is 0 Å². The number of rotatable bonds is 4. The van der Waals surface area contributed by atoms with Crippen LogP contribution in [0.25, 0.3) is 0 Å². The number of nitrogens with one attached hydrogen (secondary N) is 2. The molecule has 0 aromatic heterocycles. The Morgan fingerprint density at radius 3 is 2.67 bits per heavy atom. The van der Waals surface area contributed by atoms with E-state index >= 15 is 0 Å². The van der Waals surface area contributed by atoms with Crippen LogP contribution in [0.4, 0.5) is 0 Å². The van der Waals surface area contributed by atoms with E-state index in [1.165, 1.54) is 50.3 Å². The minimum Gasteiger partial charge on any atom is -0.353 e. The Morgan fingerprint density at radius 2 is 2.00 bits per heavy atom. The van der Waals surface area contributed by atoms with Crippen LogP contribution >= 0.6 is 11.8 Å². The summed E-state index contributed by atoms with van der Waals surface area (Å²) in [7, 11) is 0. The summed E-state index contributed by atoms with van der Waals surface area (Å²) in [5, 5.41) is 3.39. The highest BCUT2D eigenvalue weighted by molar-refractivity contribution is 7.99. The maximum absolute atomic E-state index is 5.51. The molecule has 0 atom stereocenters. The number of hydrazine groups is 1. The van der Waals surface area contributed by atoms with Gasteiger partial charge in [-0.05, 0) is 12.8 Å². The van der Waals surface area contributed by atoms with Gasteiger partial charge in [-0.25, -0.2) is 5.84 Å². The summed E-state index contributed by atoms with van der Waals surface area (Å²) in [5.41, 5.74) is 2.68. The third-order valence-corrected chi connectivity index (χ3v) is 4.57. The molecule has 2 rings (SSSR count). The molecule has 2 fully saturated rings. The zero-order chi connectivity index (χ0) is 12.6. The molecule has 1 saturated heterocycles. The molecule has 2 aliphatic rings. The largest absolute Gasteiger partial charge is 0.353 e. The Balaban J connectivity index is 1.67. The van der Waals surface area contributed by atoms with Gasteiger partial charge in [-0.3, -0.25) is 15.3 Å². The van der Waals surface area contributed by atoms with Crippen LogP contribution in [0.15, 0.2) is 4.99 Å². The van der Waals surface area contributed by atoms with E-state index in [1.807, 2.05) is 11.8 Å². The van der Waals surface area contributed by atoms with Crippen molar-refractivity contribution < 1.29 is 0 Å². The molecule has 6 heteroatoms. The summed E-state index contributed by atoms with van der Waals surface area (Å²) in [6.07, 6.45) is 5.12. The van der Waals surface area contributed by atoms with Crippen molar-refractivity contribution in [1.82, 2.24) is 15.6 Å². The number of hydrogen-bond donors (Lipinski definition) is 3. The molecule has 1 heterocycles. The average Bonchev–Trinajstić information content (AvgIpc) is 2.92. The van der Waals surface area contributed by atoms with E-state index in [1.54, 1.807) is 0 Å². The molecule has 18 heavy (non-hydrogen) atoms. The van der Waals surface area contributed by atoms with E-state index in [-0.39, 0.29) is 0 Å². The van der Waals surface area contributed by atoms with Gasteiger partial charge in [0.1, 0.15) is 0 Å². The monoisotopic (exact) mass is 271 g/mol. The molecule has 1 saturated carbocycles. The molecule has 0 spiro atoms. The lowest BCUT2D eigenvalue weighted by molar-refractivity contribution is 0.311. The first-order chi connectivity index (χ1) is 8.88. The Kier molecular flexibility index (Phi) is 6.10. The fourth-order valence-corrected chi connectivity index (χ4v) is 3.50. The zero-order valence-electron chi connectivity index (χ0n) is 11.0. The highest BCUT2D eigenvalue weighted by Gasteiger charge is 2.15. The molecule has 0 aromatic rings. The van der Waals surface area contributed by atoms with Crippen molar-refractivity contribution in [1.29, 1.82) is 0 Å². The molecular weight excluding hydrogens is 246 g/mol. The van der Waals surface area contributed by atoms with E-state index in [2.05, 4.69) is 20.6 Å². The molecule has 0 unspecified atom stereocenters. The van der Waals surface area contributed by atoms with E-state index in [9.17, 15) is 0 Å². The lowest BCUT2D eigenvalue weighted by Crippen LogP contribution is -2.46. The van der Waals surface area contributed by atoms with Gasteiger partial charge in [-0.2, -0.15) is 11.8 Å². The Morgan fingerprint density at radius 1 is 1.28 bits per heavy atom. The van der Waals surface area contributed by atoms with Crippen LogP contribution in [0.1, 0.15) is 25.7 Å². The second kappa shape index (κ2) is 7.86. The molecule has 4 N–H and O–H groups in total. The minimum atomic E-state index is 0.561. The standard InChI is InChI=1S/C12H25N5S/c13-16-12(15-11-3-1-2-4-11)14-5-6-17-7-9-18-10-8-17/h11H,1-10,13H2,(H2,14,15,16). The number of thioether (sulfide) groups is 1. The number of hydrogen-bond acceptors (Lipinski definition) is 4. The van der Waals surface area contributed by atoms with Crippen LogP contribution in [0.5, 0.6) is 0 Å². The van der Waals surface area contributed by atoms with Gasteiger partial charge >= 0.3 is 0 Å². The molecule has 0 amide bonds.